The number of nitrogens with zero attached hydrogens (tertiary/aromatic N) is 1. The van der Waals surface area contributed by atoms with Crippen molar-refractivity contribution in [1.82, 2.24) is 4.98 Å². The van der Waals surface area contributed by atoms with Crippen LogP contribution in [-0.4, -0.2) is 4.98 Å². The Balaban J connectivity index is 1.40. The third kappa shape index (κ3) is 4.30. The van der Waals surface area contributed by atoms with Gasteiger partial charge in [-0.1, -0.05) is 50.2 Å². The molecule has 2 nitrogen and oxygen atoms in total. The molecule has 166 valence electrons. The topological polar surface area (TPSA) is 22.1 Å². The summed E-state index contributed by atoms with van der Waals surface area (Å²) in [4.78, 5) is 4.04. The van der Waals surface area contributed by atoms with Crippen LogP contribution in [0.15, 0.2) is 54.7 Å². The highest BCUT2D eigenvalue weighted by Gasteiger charge is 2.34. The number of aromatic nitrogens is 1. The van der Waals surface area contributed by atoms with E-state index in [1.807, 2.05) is 19.1 Å². The number of hydrogen-bond acceptors (Lipinski definition) is 2. The standard InChI is InChI=1S/C29H32FNO/c1-18(2)29(23-12-13-23)24-14-11-21-5-4-6-27(32-28(21)16-24)22-9-7-20(8-10-22)25-15-19(3)31-17-26(25)30/h7-11,14-18,23,27,29H,4-6,12-13H2,1-3H3/t27?,29-/m0/s1. The fourth-order valence-corrected chi connectivity index (χ4v) is 5.32. The minimum Gasteiger partial charge on any atom is -0.485 e. The molecule has 1 saturated carbocycles. The van der Waals surface area contributed by atoms with E-state index in [1.165, 1.54) is 30.2 Å². The first-order valence-electron chi connectivity index (χ1n) is 12.0. The predicted molar refractivity (Wildman–Crippen MR) is 127 cm³/mol. The van der Waals surface area contributed by atoms with Gasteiger partial charge in [-0.05, 0) is 91.2 Å². The van der Waals surface area contributed by atoms with E-state index < -0.39 is 0 Å². The maximum atomic E-state index is 14.3. The predicted octanol–water partition coefficient (Wildman–Crippen LogP) is 7.80. The van der Waals surface area contributed by atoms with Gasteiger partial charge in [0.2, 0.25) is 0 Å². The van der Waals surface area contributed by atoms with Crippen molar-refractivity contribution in [2.45, 2.75) is 64.9 Å². The van der Waals surface area contributed by atoms with E-state index in [1.54, 1.807) is 6.07 Å². The molecule has 1 aromatic heterocycles. The first-order chi connectivity index (χ1) is 15.5. The van der Waals surface area contributed by atoms with Crippen molar-refractivity contribution in [2.24, 2.45) is 11.8 Å². The van der Waals surface area contributed by atoms with E-state index in [2.05, 4.69) is 49.2 Å². The Kier molecular flexibility index (Phi) is 5.75. The maximum absolute atomic E-state index is 14.3. The van der Waals surface area contributed by atoms with E-state index in [9.17, 15) is 4.39 Å². The molecule has 32 heavy (non-hydrogen) atoms. The second-order valence-electron chi connectivity index (χ2n) is 9.90. The lowest BCUT2D eigenvalue weighted by Crippen LogP contribution is -2.10. The smallest absolute Gasteiger partial charge is 0.149 e. The van der Waals surface area contributed by atoms with E-state index in [0.717, 1.165) is 47.8 Å². The molecular weight excluding hydrogens is 397 g/mol. The molecule has 2 aliphatic rings. The van der Waals surface area contributed by atoms with Crippen LogP contribution in [0.4, 0.5) is 4.39 Å². The van der Waals surface area contributed by atoms with Gasteiger partial charge in [0, 0.05) is 11.3 Å². The maximum Gasteiger partial charge on any atom is 0.149 e. The molecule has 5 rings (SSSR count). The van der Waals surface area contributed by atoms with E-state index in [-0.39, 0.29) is 11.9 Å². The number of aryl methyl sites for hydroxylation is 2. The normalized spacial score (nSPS) is 19.2. The first kappa shape index (κ1) is 21.2. The number of rotatable bonds is 5. The molecule has 1 unspecified atom stereocenters. The Morgan fingerprint density at radius 3 is 2.50 bits per heavy atom. The highest BCUT2D eigenvalue weighted by molar-refractivity contribution is 5.64. The molecule has 1 aliphatic carbocycles. The zero-order valence-corrected chi connectivity index (χ0v) is 19.3. The molecule has 3 heteroatoms. The van der Waals surface area contributed by atoms with Crippen LogP contribution in [-0.2, 0) is 6.42 Å². The van der Waals surface area contributed by atoms with Crippen LogP contribution in [0.25, 0.3) is 11.1 Å². The van der Waals surface area contributed by atoms with Gasteiger partial charge < -0.3 is 4.74 Å². The summed E-state index contributed by atoms with van der Waals surface area (Å²) < 4.78 is 20.9. The molecule has 3 aromatic rings. The summed E-state index contributed by atoms with van der Waals surface area (Å²) in [6, 6.07) is 16.9. The van der Waals surface area contributed by atoms with Gasteiger partial charge in [-0.25, -0.2) is 4.39 Å². The lowest BCUT2D eigenvalue weighted by atomic mass is 9.84. The molecule has 0 amide bonds. The average Bonchev–Trinajstić information content (AvgIpc) is 3.62. The Labute approximate surface area is 190 Å². The van der Waals surface area contributed by atoms with Crippen molar-refractivity contribution in [3.05, 3.63) is 82.9 Å². The van der Waals surface area contributed by atoms with Crippen LogP contribution in [0.2, 0.25) is 0 Å². The first-order valence-corrected chi connectivity index (χ1v) is 12.0. The summed E-state index contributed by atoms with van der Waals surface area (Å²) in [5, 5.41) is 0. The molecule has 0 spiro atoms. The number of ether oxygens (including phenoxy) is 1. The fourth-order valence-electron chi connectivity index (χ4n) is 5.32. The van der Waals surface area contributed by atoms with E-state index >= 15 is 0 Å². The summed E-state index contributed by atoms with van der Waals surface area (Å²) in [6.07, 6.45) is 7.19. The van der Waals surface area contributed by atoms with Crippen LogP contribution in [0.1, 0.15) is 73.9 Å². The van der Waals surface area contributed by atoms with Gasteiger partial charge in [-0.2, -0.15) is 0 Å². The second-order valence-corrected chi connectivity index (χ2v) is 9.90. The molecular formula is C29H32FNO. The van der Waals surface area contributed by atoms with Crippen molar-refractivity contribution in [2.75, 3.05) is 0 Å². The molecule has 2 aromatic carbocycles. The molecule has 2 heterocycles. The highest BCUT2D eigenvalue weighted by Crippen LogP contribution is 2.48. The van der Waals surface area contributed by atoms with Crippen LogP contribution in [0, 0.1) is 24.6 Å². The van der Waals surface area contributed by atoms with Crippen molar-refractivity contribution in [3.63, 3.8) is 0 Å². The van der Waals surface area contributed by atoms with Gasteiger partial charge in [0.1, 0.15) is 17.7 Å². The van der Waals surface area contributed by atoms with E-state index in [4.69, 9.17) is 4.74 Å². The number of pyridine rings is 1. The summed E-state index contributed by atoms with van der Waals surface area (Å²) in [5.74, 6) is 2.87. The quantitative estimate of drug-likeness (QED) is 0.413. The fraction of sp³-hybridized carbons (Fsp3) is 0.414. The molecule has 1 aliphatic heterocycles. The monoisotopic (exact) mass is 429 g/mol. The minimum absolute atomic E-state index is 0.0306. The van der Waals surface area contributed by atoms with Gasteiger partial charge in [-0.3, -0.25) is 4.98 Å². The Morgan fingerprint density at radius 2 is 1.78 bits per heavy atom. The van der Waals surface area contributed by atoms with Crippen LogP contribution < -0.4 is 4.74 Å². The molecule has 0 bridgehead atoms. The zero-order chi connectivity index (χ0) is 22.2. The Bertz CT molecular complexity index is 1100. The van der Waals surface area contributed by atoms with Gasteiger partial charge >= 0.3 is 0 Å². The highest BCUT2D eigenvalue weighted by atomic mass is 19.1. The second kappa shape index (κ2) is 8.69. The van der Waals surface area contributed by atoms with Crippen molar-refractivity contribution >= 4 is 0 Å². The lowest BCUT2D eigenvalue weighted by molar-refractivity contribution is 0.199. The number of benzene rings is 2. The molecule has 0 saturated heterocycles. The summed E-state index contributed by atoms with van der Waals surface area (Å²) in [5.41, 5.74) is 6.19. The lowest BCUT2D eigenvalue weighted by Gasteiger charge is -2.23. The van der Waals surface area contributed by atoms with E-state index in [0.29, 0.717) is 17.4 Å². The number of fused-ring (bicyclic) bond motifs is 1. The summed E-state index contributed by atoms with van der Waals surface area (Å²) in [6.45, 7) is 6.56. The van der Waals surface area contributed by atoms with Gasteiger partial charge in [0.25, 0.3) is 0 Å². The van der Waals surface area contributed by atoms with Gasteiger partial charge in [0.15, 0.2) is 0 Å². The largest absolute Gasteiger partial charge is 0.485 e. The van der Waals surface area contributed by atoms with Crippen molar-refractivity contribution in [3.8, 4) is 16.9 Å². The molecule has 0 N–H and O–H groups in total. The van der Waals surface area contributed by atoms with Crippen molar-refractivity contribution < 1.29 is 9.13 Å². The third-order valence-electron chi connectivity index (χ3n) is 7.09. The molecule has 0 radical (unpaired) electrons. The third-order valence-corrected chi connectivity index (χ3v) is 7.09. The van der Waals surface area contributed by atoms with Gasteiger partial charge in [0.05, 0.1) is 6.20 Å². The van der Waals surface area contributed by atoms with Crippen LogP contribution >= 0.6 is 0 Å². The van der Waals surface area contributed by atoms with Gasteiger partial charge in [-0.15, -0.1) is 0 Å². The molecule has 1 fully saturated rings. The SMILES string of the molecule is Cc1cc(-c2ccc(C3CCCc4ccc([C@@H](C(C)C)C5CC5)cc4O3)cc2)c(F)cn1. The Morgan fingerprint density at radius 1 is 1.00 bits per heavy atom. The number of hydrogen-bond donors (Lipinski definition) is 0. The zero-order valence-electron chi connectivity index (χ0n) is 19.3. The summed E-state index contributed by atoms with van der Waals surface area (Å²) >= 11 is 0. The minimum atomic E-state index is -0.286. The van der Waals surface area contributed by atoms with Crippen molar-refractivity contribution in [1.29, 1.82) is 0 Å². The van der Waals surface area contributed by atoms with Crippen LogP contribution in [0.5, 0.6) is 5.75 Å². The molecule has 2 atom stereocenters. The number of halogens is 1. The average molecular weight is 430 g/mol. The Hall–Kier alpha value is -2.68. The summed E-state index contributed by atoms with van der Waals surface area (Å²) in [7, 11) is 0. The van der Waals surface area contributed by atoms with Crippen LogP contribution in [0.3, 0.4) is 0 Å².